The number of pyridine rings is 1. The minimum atomic E-state index is -0.227. The summed E-state index contributed by atoms with van der Waals surface area (Å²) in [5.74, 6) is 0.921. The van der Waals surface area contributed by atoms with Crippen LogP contribution in [0.15, 0.2) is 53.3 Å². The Labute approximate surface area is 173 Å². The first-order chi connectivity index (χ1) is 14.7. The maximum Gasteiger partial charge on any atom is 0.274 e. The lowest BCUT2D eigenvalue weighted by Gasteiger charge is -2.09. The van der Waals surface area contributed by atoms with Crippen molar-refractivity contribution in [2.24, 2.45) is 0 Å². The standard InChI is InChI=1S/C22H22N6O2/c1-14-7-8-15(21-26-20(30-27-21)12-16-5-4-9-23-16)11-17(14)25-22(29)18-13-24-19-6-2-3-10-28(18)19/h2-3,6-8,10-11,13,16,23H,4-5,9,12H2,1H3,(H,25,29)/t16-/m0/s1. The average molecular weight is 402 g/mol. The Balaban J connectivity index is 1.37. The van der Waals surface area contributed by atoms with Gasteiger partial charge in [-0.2, -0.15) is 4.98 Å². The number of aryl methyl sites for hydroxylation is 1. The predicted molar refractivity (Wildman–Crippen MR) is 112 cm³/mol. The first-order valence-electron chi connectivity index (χ1n) is 10.1. The molecule has 1 saturated heterocycles. The molecule has 1 aliphatic rings. The predicted octanol–water partition coefficient (Wildman–Crippen LogP) is 3.24. The monoisotopic (exact) mass is 402 g/mol. The molecule has 0 unspecified atom stereocenters. The van der Waals surface area contributed by atoms with Gasteiger partial charge in [0.25, 0.3) is 5.91 Å². The molecular formula is C22H22N6O2. The van der Waals surface area contributed by atoms with Crippen molar-refractivity contribution in [1.82, 2.24) is 24.8 Å². The molecule has 1 aromatic carbocycles. The van der Waals surface area contributed by atoms with Crippen LogP contribution < -0.4 is 10.6 Å². The summed E-state index contributed by atoms with van der Waals surface area (Å²) in [4.78, 5) is 21.7. The third kappa shape index (κ3) is 3.57. The van der Waals surface area contributed by atoms with E-state index in [1.807, 2.05) is 49.5 Å². The maximum atomic E-state index is 12.9. The van der Waals surface area contributed by atoms with Gasteiger partial charge in [0.1, 0.15) is 11.3 Å². The number of carbonyl (C=O) groups excluding carboxylic acids is 1. The number of aromatic nitrogens is 4. The van der Waals surface area contributed by atoms with E-state index < -0.39 is 0 Å². The molecule has 4 aromatic rings. The van der Waals surface area contributed by atoms with E-state index in [0.29, 0.717) is 29.1 Å². The maximum absolute atomic E-state index is 12.9. The van der Waals surface area contributed by atoms with Crippen LogP contribution in [-0.2, 0) is 6.42 Å². The summed E-state index contributed by atoms with van der Waals surface area (Å²) in [6.45, 7) is 2.99. The van der Waals surface area contributed by atoms with Gasteiger partial charge in [-0.05, 0) is 50.1 Å². The van der Waals surface area contributed by atoms with E-state index >= 15 is 0 Å². The van der Waals surface area contributed by atoms with Gasteiger partial charge in [-0.1, -0.05) is 23.4 Å². The molecule has 1 aliphatic heterocycles. The van der Waals surface area contributed by atoms with Crippen LogP contribution in [0.25, 0.3) is 17.0 Å². The SMILES string of the molecule is Cc1ccc(-c2noc(C[C@@H]3CCCN3)n2)cc1NC(=O)c1cnc2ccccn12. The molecule has 0 saturated carbocycles. The Morgan fingerprint density at radius 2 is 2.27 bits per heavy atom. The summed E-state index contributed by atoms with van der Waals surface area (Å²) in [7, 11) is 0. The molecule has 1 fully saturated rings. The number of rotatable bonds is 5. The fraction of sp³-hybridized carbons (Fsp3) is 0.273. The van der Waals surface area contributed by atoms with Gasteiger partial charge >= 0.3 is 0 Å². The lowest BCUT2D eigenvalue weighted by molar-refractivity contribution is 0.102. The fourth-order valence-corrected chi connectivity index (χ4v) is 3.78. The lowest BCUT2D eigenvalue weighted by Crippen LogP contribution is -2.23. The zero-order chi connectivity index (χ0) is 20.5. The molecule has 0 bridgehead atoms. The van der Waals surface area contributed by atoms with E-state index in [-0.39, 0.29) is 5.91 Å². The van der Waals surface area contributed by atoms with Crippen molar-refractivity contribution in [2.45, 2.75) is 32.2 Å². The van der Waals surface area contributed by atoms with Crippen LogP contribution in [0, 0.1) is 6.92 Å². The van der Waals surface area contributed by atoms with Gasteiger partial charge in [0.15, 0.2) is 0 Å². The molecular weight excluding hydrogens is 380 g/mol. The second kappa shape index (κ2) is 7.72. The third-order valence-electron chi connectivity index (χ3n) is 5.45. The largest absolute Gasteiger partial charge is 0.339 e. The number of amides is 1. The van der Waals surface area contributed by atoms with Crippen LogP contribution in [0.2, 0.25) is 0 Å². The fourth-order valence-electron chi connectivity index (χ4n) is 3.78. The Bertz CT molecular complexity index is 1210. The summed E-state index contributed by atoms with van der Waals surface area (Å²) >= 11 is 0. The first-order valence-corrected chi connectivity index (χ1v) is 10.1. The highest BCUT2D eigenvalue weighted by atomic mass is 16.5. The Hall–Kier alpha value is -3.52. The normalized spacial score (nSPS) is 16.2. The number of nitrogens with one attached hydrogen (secondary N) is 2. The molecule has 1 atom stereocenters. The van der Waals surface area contributed by atoms with Gasteiger partial charge in [0, 0.05) is 29.9 Å². The topological polar surface area (TPSA) is 97.4 Å². The second-order valence-electron chi connectivity index (χ2n) is 7.57. The highest BCUT2D eigenvalue weighted by Gasteiger charge is 2.19. The van der Waals surface area contributed by atoms with E-state index in [1.54, 1.807) is 10.6 Å². The van der Waals surface area contributed by atoms with Crippen LogP contribution in [0.3, 0.4) is 0 Å². The number of nitrogens with zero attached hydrogens (tertiary/aromatic N) is 4. The number of carbonyl (C=O) groups is 1. The third-order valence-corrected chi connectivity index (χ3v) is 5.45. The highest BCUT2D eigenvalue weighted by Crippen LogP contribution is 2.25. The molecule has 8 nitrogen and oxygen atoms in total. The number of imidazole rings is 1. The Kier molecular flexibility index (Phi) is 4.76. The highest BCUT2D eigenvalue weighted by molar-refractivity contribution is 6.04. The number of anilines is 1. The van der Waals surface area contributed by atoms with Gasteiger partial charge in [0.2, 0.25) is 11.7 Å². The molecule has 5 rings (SSSR count). The number of benzene rings is 1. The number of hydrogen-bond donors (Lipinski definition) is 2. The molecule has 0 aliphatic carbocycles. The molecule has 30 heavy (non-hydrogen) atoms. The van der Waals surface area contributed by atoms with E-state index in [9.17, 15) is 4.79 Å². The number of fused-ring (bicyclic) bond motifs is 1. The van der Waals surface area contributed by atoms with Crippen LogP contribution in [-0.4, -0.2) is 38.0 Å². The van der Waals surface area contributed by atoms with Crippen LogP contribution in [0.5, 0.6) is 0 Å². The Morgan fingerprint density at radius 3 is 3.13 bits per heavy atom. The quantitative estimate of drug-likeness (QED) is 0.532. The molecule has 0 radical (unpaired) electrons. The number of hydrogen-bond acceptors (Lipinski definition) is 6. The van der Waals surface area contributed by atoms with Crippen molar-refractivity contribution < 1.29 is 9.32 Å². The van der Waals surface area contributed by atoms with Crippen molar-refractivity contribution in [3.05, 3.63) is 65.9 Å². The average Bonchev–Trinajstić information content (AvgIpc) is 3.50. The van der Waals surface area contributed by atoms with E-state index in [1.165, 1.54) is 6.42 Å². The zero-order valence-electron chi connectivity index (χ0n) is 16.6. The Morgan fingerprint density at radius 1 is 1.33 bits per heavy atom. The van der Waals surface area contributed by atoms with Gasteiger partial charge in [0.05, 0.1) is 6.20 Å². The molecule has 2 N–H and O–H groups in total. The van der Waals surface area contributed by atoms with Crippen molar-refractivity contribution in [2.75, 3.05) is 11.9 Å². The lowest BCUT2D eigenvalue weighted by atomic mass is 10.1. The van der Waals surface area contributed by atoms with Gasteiger partial charge in [-0.15, -0.1) is 0 Å². The van der Waals surface area contributed by atoms with E-state index in [4.69, 9.17) is 4.52 Å². The van der Waals surface area contributed by atoms with Crippen molar-refractivity contribution >= 4 is 17.2 Å². The molecule has 1 amide bonds. The van der Waals surface area contributed by atoms with E-state index in [0.717, 1.165) is 36.2 Å². The second-order valence-corrected chi connectivity index (χ2v) is 7.57. The first kappa shape index (κ1) is 18.5. The minimum Gasteiger partial charge on any atom is -0.339 e. The molecule has 3 aromatic heterocycles. The summed E-state index contributed by atoms with van der Waals surface area (Å²) in [5, 5.41) is 10.5. The minimum absolute atomic E-state index is 0.227. The van der Waals surface area contributed by atoms with E-state index in [2.05, 4.69) is 25.8 Å². The van der Waals surface area contributed by atoms with Crippen LogP contribution in [0.4, 0.5) is 5.69 Å². The molecule has 8 heteroatoms. The van der Waals surface area contributed by atoms with Crippen LogP contribution >= 0.6 is 0 Å². The molecule has 4 heterocycles. The smallest absolute Gasteiger partial charge is 0.274 e. The van der Waals surface area contributed by atoms with Gasteiger partial charge < -0.3 is 15.2 Å². The van der Waals surface area contributed by atoms with Crippen molar-refractivity contribution in [3.8, 4) is 11.4 Å². The summed E-state index contributed by atoms with van der Waals surface area (Å²) in [6, 6.07) is 11.8. The summed E-state index contributed by atoms with van der Waals surface area (Å²) < 4.78 is 7.20. The van der Waals surface area contributed by atoms with Crippen molar-refractivity contribution in [3.63, 3.8) is 0 Å². The molecule has 0 spiro atoms. The van der Waals surface area contributed by atoms with Crippen LogP contribution in [0.1, 0.15) is 34.8 Å². The van der Waals surface area contributed by atoms with Crippen molar-refractivity contribution in [1.29, 1.82) is 0 Å². The molecule has 152 valence electrons. The van der Waals surface area contributed by atoms with Gasteiger partial charge in [-0.25, -0.2) is 4.98 Å². The summed E-state index contributed by atoms with van der Waals surface area (Å²) in [6.07, 6.45) is 6.44. The summed E-state index contributed by atoms with van der Waals surface area (Å²) in [5.41, 5.74) is 3.64. The van der Waals surface area contributed by atoms with Gasteiger partial charge in [-0.3, -0.25) is 9.20 Å². The zero-order valence-corrected chi connectivity index (χ0v) is 16.6.